The van der Waals surface area contributed by atoms with Crippen molar-refractivity contribution in [2.24, 2.45) is 5.73 Å². The number of hydrogen-bond donors (Lipinski definition) is 2. The van der Waals surface area contributed by atoms with Crippen LogP contribution in [-0.2, 0) is 9.53 Å². The van der Waals surface area contributed by atoms with E-state index in [2.05, 4.69) is 5.32 Å². The zero-order valence-corrected chi connectivity index (χ0v) is 9.52. The van der Waals surface area contributed by atoms with E-state index in [1.807, 2.05) is 0 Å². The van der Waals surface area contributed by atoms with E-state index < -0.39 is 30.3 Å². The van der Waals surface area contributed by atoms with Crippen LogP contribution in [0.5, 0.6) is 0 Å². The SMILES string of the molecule is COC(C)(C)CC(NCC(F)(F)F)C(N)=O. The molecule has 1 unspecified atom stereocenters. The molecule has 0 heterocycles. The van der Waals surface area contributed by atoms with Gasteiger partial charge in [-0.15, -0.1) is 0 Å². The minimum Gasteiger partial charge on any atom is -0.379 e. The molecule has 96 valence electrons. The van der Waals surface area contributed by atoms with Gasteiger partial charge in [0, 0.05) is 13.5 Å². The lowest BCUT2D eigenvalue weighted by Gasteiger charge is -2.27. The number of alkyl halides is 3. The highest BCUT2D eigenvalue weighted by atomic mass is 19.4. The van der Waals surface area contributed by atoms with Crippen molar-refractivity contribution in [3.05, 3.63) is 0 Å². The van der Waals surface area contributed by atoms with E-state index in [1.165, 1.54) is 7.11 Å². The topological polar surface area (TPSA) is 64.3 Å². The molecule has 0 radical (unpaired) electrons. The second-order valence-corrected chi connectivity index (χ2v) is 4.12. The smallest absolute Gasteiger partial charge is 0.379 e. The van der Waals surface area contributed by atoms with Gasteiger partial charge in [-0.25, -0.2) is 0 Å². The van der Waals surface area contributed by atoms with Crippen molar-refractivity contribution in [3.8, 4) is 0 Å². The van der Waals surface area contributed by atoms with Crippen LogP contribution in [0.15, 0.2) is 0 Å². The third kappa shape index (κ3) is 6.62. The number of rotatable bonds is 6. The molecule has 0 aliphatic heterocycles. The van der Waals surface area contributed by atoms with E-state index in [-0.39, 0.29) is 6.42 Å². The molecule has 7 heteroatoms. The zero-order valence-electron chi connectivity index (χ0n) is 9.52. The van der Waals surface area contributed by atoms with Gasteiger partial charge in [-0.1, -0.05) is 0 Å². The average molecular weight is 242 g/mol. The molecule has 16 heavy (non-hydrogen) atoms. The summed E-state index contributed by atoms with van der Waals surface area (Å²) in [5, 5.41) is 2.07. The van der Waals surface area contributed by atoms with Crippen LogP contribution in [0.1, 0.15) is 20.3 Å². The number of nitrogens with one attached hydrogen (secondary N) is 1. The molecule has 0 aliphatic rings. The lowest BCUT2D eigenvalue weighted by Crippen LogP contribution is -2.48. The molecule has 4 nitrogen and oxygen atoms in total. The number of hydrogen-bond acceptors (Lipinski definition) is 3. The molecule has 0 saturated heterocycles. The quantitative estimate of drug-likeness (QED) is 0.724. The summed E-state index contributed by atoms with van der Waals surface area (Å²) in [6.45, 7) is 2.08. The van der Waals surface area contributed by atoms with Crippen LogP contribution >= 0.6 is 0 Å². The molecule has 1 atom stereocenters. The lowest BCUT2D eigenvalue weighted by molar-refractivity contribution is -0.132. The van der Waals surface area contributed by atoms with E-state index >= 15 is 0 Å². The van der Waals surface area contributed by atoms with Crippen LogP contribution < -0.4 is 11.1 Å². The first-order valence-corrected chi connectivity index (χ1v) is 4.72. The summed E-state index contributed by atoms with van der Waals surface area (Å²) in [6, 6.07) is -1.06. The summed E-state index contributed by atoms with van der Waals surface area (Å²) in [6.07, 6.45) is -4.29. The summed E-state index contributed by atoms with van der Waals surface area (Å²) >= 11 is 0. The maximum Gasteiger partial charge on any atom is 0.401 e. The Labute approximate surface area is 92.3 Å². The van der Waals surface area contributed by atoms with E-state index in [0.29, 0.717) is 0 Å². The van der Waals surface area contributed by atoms with Gasteiger partial charge in [0.2, 0.25) is 5.91 Å². The van der Waals surface area contributed by atoms with Gasteiger partial charge in [-0.2, -0.15) is 13.2 Å². The highest BCUT2D eigenvalue weighted by molar-refractivity contribution is 5.79. The van der Waals surface area contributed by atoms with Crippen LogP contribution in [0.4, 0.5) is 13.2 Å². The summed E-state index contributed by atoms with van der Waals surface area (Å²) in [4.78, 5) is 10.9. The minimum absolute atomic E-state index is 0.0783. The van der Waals surface area contributed by atoms with E-state index in [4.69, 9.17) is 10.5 Å². The fourth-order valence-corrected chi connectivity index (χ4v) is 1.09. The third-order valence-electron chi connectivity index (χ3n) is 2.14. The van der Waals surface area contributed by atoms with Gasteiger partial charge in [0.15, 0.2) is 0 Å². The Balaban J connectivity index is 4.36. The van der Waals surface area contributed by atoms with Gasteiger partial charge >= 0.3 is 6.18 Å². The van der Waals surface area contributed by atoms with Crippen molar-refractivity contribution < 1.29 is 22.7 Å². The van der Waals surface area contributed by atoms with Crippen LogP contribution in [0.3, 0.4) is 0 Å². The molecule has 0 aromatic heterocycles. The molecular weight excluding hydrogens is 225 g/mol. The van der Waals surface area contributed by atoms with E-state index in [9.17, 15) is 18.0 Å². The molecule has 0 saturated carbocycles. The molecule has 0 spiro atoms. The normalized spacial score (nSPS) is 14.9. The van der Waals surface area contributed by atoms with Gasteiger partial charge in [-0.05, 0) is 13.8 Å². The number of ether oxygens (including phenoxy) is 1. The van der Waals surface area contributed by atoms with E-state index in [1.54, 1.807) is 13.8 Å². The highest BCUT2D eigenvalue weighted by Gasteiger charge is 2.32. The summed E-state index contributed by atoms with van der Waals surface area (Å²) in [5.41, 5.74) is 4.29. The van der Waals surface area contributed by atoms with Gasteiger partial charge < -0.3 is 10.5 Å². The Bertz CT molecular complexity index is 241. The first kappa shape index (κ1) is 15.2. The number of carbonyl (C=O) groups is 1. The fourth-order valence-electron chi connectivity index (χ4n) is 1.09. The lowest BCUT2D eigenvalue weighted by atomic mass is 9.98. The molecule has 0 bridgehead atoms. The predicted molar refractivity (Wildman–Crippen MR) is 52.7 cm³/mol. The molecule has 0 rings (SSSR count). The van der Waals surface area contributed by atoms with Crippen LogP contribution in [0, 0.1) is 0 Å². The zero-order chi connectivity index (χ0) is 13.0. The molecule has 0 fully saturated rings. The standard InChI is InChI=1S/C9H17F3N2O2/c1-8(2,16-3)4-6(7(13)15)14-5-9(10,11)12/h6,14H,4-5H2,1-3H3,(H2,13,15). The largest absolute Gasteiger partial charge is 0.401 e. The number of primary amides is 1. The summed E-state index contributed by atoms with van der Waals surface area (Å²) in [7, 11) is 1.42. The Hall–Kier alpha value is -0.820. The Morgan fingerprint density at radius 1 is 1.44 bits per heavy atom. The molecular formula is C9H17F3N2O2. The van der Waals surface area contributed by atoms with Crippen molar-refractivity contribution in [2.75, 3.05) is 13.7 Å². The minimum atomic E-state index is -4.37. The fraction of sp³-hybridized carbons (Fsp3) is 0.889. The van der Waals surface area contributed by atoms with Gasteiger partial charge in [0.1, 0.15) is 0 Å². The number of amides is 1. The van der Waals surface area contributed by atoms with Crippen molar-refractivity contribution >= 4 is 5.91 Å². The third-order valence-corrected chi connectivity index (χ3v) is 2.14. The highest BCUT2D eigenvalue weighted by Crippen LogP contribution is 2.17. The van der Waals surface area contributed by atoms with E-state index in [0.717, 1.165) is 0 Å². The van der Waals surface area contributed by atoms with Crippen molar-refractivity contribution in [2.45, 2.75) is 38.1 Å². The second-order valence-electron chi connectivity index (χ2n) is 4.12. The van der Waals surface area contributed by atoms with Gasteiger partial charge in [-0.3, -0.25) is 10.1 Å². The predicted octanol–water partition coefficient (Wildman–Crippen LogP) is 0.807. The molecule has 3 N–H and O–H groups in total. The first-order chi connectivity index (χ1) is 7.07. The Morgan fingerprint density at radius 3 is 2.25 bits per heavy atom. The van der Waals surface area contributed by atoms with Crippen LogP contribution in [-0.4, -0.2) is 37.4 Å². The molecule has 0 aromatic carbocycles. The summed E-state index contributed by atoms with van der Waals surface area (Å²) < 4.78 is 40.9. The Kier molecular flexibility index (Phi) is 5.21. The molecule has 0 aliphatic carbocycles. The maximum atomic E-state index is 11.9. The monoisotopic (exact) mass is 242 g/mol. The van der Waals surface area contributed by atoms with Gasteiger partial charge in [0.05, 0.1) is 18.2 Å². The first-order valence-electron chi connectivity index (χ1n) is 4.72. The maximum absolute atomic E-state index is 11.9. The van der Waals surface area contributed by atoms with Crippen molar-refractivity contribution in [1.82, 2.24) is 5.32 Å². The van der Waals surface area contributed by atoms with Crippen LogP contribution in [0.25, 0.3) is 0 Å². The second kappa shape index (κ2) is 5.49. The van der Waals surface area contributed by atoms with Crippen molar-refractivity contribution in [1.29, 1.82) is 0 Å². The van der Waals surface area contributed by atoms with Gasteiger partial charge in [0.25, 0.3) is 0 Å². The number of nitrogens with two attached hydrogens (primary N) is 1. The average Bonchev–Trinajstić information content (AvgIpc) is 2.10. The van der Waals surface area contributed by atoms with Crippen molar-refractivity contribution in [3.63, 3.8) is 0 Å². The number of carbonyl (C=O) groups excluding carboxylic acids is 1. The number of methoxy groups -OCH3 is 1. The number of halogens is 3. The molecule has 1 amide bonds. The van der Waals surface area contributed by atoms with Crippen LogP contribution in [0.2, 0.25) is 0 Å². The molecule has 0 aromatic rings. The summed E-state index contributed by atoms with van der Waals surface area (Å²) in [5.74, 6) is -0.825. The Morgan fingerprint density at radius 2 is 1.94 bits per heavy atom.